The van der Waals surface area contributed by atoms with Crippen LogP contribution >= 0.6 is 0 Å². The summed E-state index contributed by atoms with van der Waals surface area (Å²) in [4.78, 5) is 23.1. The Morgan fingerprint density at radius 3 is 2.69 bits per heavy atom. The molecule has 1 aliphatic heterocycles. The van der Waals surface area contributed by atoms with Crippen LogP contribution in [-0.4, -0.2) is 17.5 Å². The Labute approximate surface area is 150 Å². The van der Waals surface area contributed by atoms with E-state index in [-0.39, 0.29) is 29.9 Å². The minimum absolute atomic E-state index is 0.0486. The molecule has 0 saturated heterocycles. The minimum Gasteiger partial charge on any atom is -0.461 e. The lowest BCUT2D eigenvalue weighted by molar-refractivity contribution is -0.384. The number of hydrogen-bond donors (Lipinski definition) is 1. The minimum atomic E-state index is -0.782. The molecule has 1 aromatic rings. The molecular formula is C18H16N4O4. The Balaban J connectivity index is 2.54. The molecule has 1 unspecified atom stereocenters. The zero-order valence-electron chi connectivity index (χ0n) is 14.3. The number of dihydropyridines is 1. The Morgan fingerprint density at radius 2 is 2.08 bits per heavy atom. The number of allylic oxidation sites excluding steroid dienone is 3. The van der Waals surface area contributed by atoms with E-state index in [1.807, 2.05) is 6.07 Å². The van der Waals surface area contributed by atoms with Gasteiger partial charge >= 0.3 is 5.97 Å². The zero-order valence-corrected chi connectivity index (χ0v) is 14.3. The number of carbonyl (C=O) groups is 1. The second kappa shape index (κ2) is 7.95. The van der Waals surface area contributed by atoms with Crippen molar-refractivity contribution in [3.05, 3.63) is 62.5 Å². The average Bonchev–Trinajstić information content (AvgIpc) is 2.61. The molecule has 0 aromatic heterocycles. The normalized spacial score (nSPS) is 16.4. The topological polar surface area (TPSA) is 129 Å². The number of non-ortho nitro benzene ring substituents is 1. The first-order chi connectivity index (χ1) is 12.4. The van der Waals surface area contributed by atoms with Crippen molar-refractivity contribution in [1.82, 2.24) is 5.32 Å². The van der Waals surface area contributed by atoms with E-state index < -0.39 is 16.8 Å². The Hall–Kier alpha value is -3.65. The molecule has 26 heavy (non-hydrogen) atoms. The quantitative estimate of drug-likeness (QED) is 0.373. The Bertz CT molecular complexity index is 903. The number of hydrogen-bond acceptors (Lipinski definition) is 7. The molecule has 0 saturated carbocycles. The summed E-state index contributed by atoms with van der Waals surface area (Å²) in [5, 5.41) is 32.2. The third-order valence-corrected chi connectivity index (χ3v) is 3.96. The van der Waals surface area contributed by atoms with Gasteiger partial charge in [-0.1, -0.05) is 12.1 Å². The van der Waals surface area contributed by atoms with Crippen LogP contribution in [0.1, 0.15) is 31.7 Å². The summed E-state index contributed by atoms with van der Waals surface area (Å²) in [5.41, 5.74) is 1.86. The van der Waals surface area contributed by atoms with E-state index in [1.165, 1.54) is 18.2 Å². The molecule has 0 bridgehead atoms. The van der Waals surface area contributed by atoms with Gasteiger partial charge in [-0.15, -0.1) is 0 Å². The molecule has 1 heterocycles. The maximum Gasteiger partial charge on any atom is 0.336 e. The standard InChI is InChI=1S/C18H16N4O4/c1-11-15(10-20)17(13-5-3-6-14(9-13)22(24)25)16(12(2)21-11)18(23)26-8-4-7-19/h3,5-6,9,17,21H,4,8H2,1-2H3. The first kappa shape index (κ1) is 18.7. The van der Waals surface area contributed by atoms with Crippen LogP contribution in [0.2, 0.25) is 0 Å². The van der Waals surface area contributed by atoms with Crippen molar-refractivity contribution in [3.8, 4) is 12.1 Å². The fraction of sp³-hybridized carbons (Fsp3) is 0.278. The highest BCUT2D eigenvalue weighted by molar-refractivity contribution is 5.93. The number of carbonyl (C=O) groups excluding carboxylic acids is 1. The number of nitro benzene ring substituents is 1. The van der Waals surface area contributed by atoms with Gasteiger partial charge in [0.15, 0.2) is 0 Å². The molecule has 2 rings (SSSR count). The van der Waals surface area contributed by atoms with Crippen molar-refractivity contribution in [2.75, 3.05) is 6.61 Å². The van der Waals surface area contributed by atoms with E-state index in [9.17, 15) is 20.2 Å². The predicted octanol–water partition coefficient (Wildman–Crippen LogP) is 2.81. The van der Waals surface area contributed by atoms with Crippen molar-refractivity contribution >= 4 is 11.7 Å². The highest BCUT2D eigenvalue weighted by Crippen LogP contribution is 2.39. The number of benzene rings is 1. The van der Waals surface area contributed by atoms with Crippen molar-refractivity contribution < 1.29 is 14.5 Å². The van der Waals surface area contributed by atoms with E-state index in [1.54, 1.807) is 19.9 Å². The van der Waals surface area contributed by atoms with Gasteiger partial charge in [-0.2, -0.15) is 10.5 Å². The van der Waals surface area contributed by atoms with Crippen LogP contribution in [0.4, 0.5) is 5.69 Å². The van der Waals surface area contributed by atoms with Gasteiger partial charge in [0.05, 0.1) is 40.5 Å². The lowest BCUT2D eigenvalue weighted by atomic mass is 9.81. The second-order valence-electron chi connectivity index (χ2n) is 5.64. The maximum absolute atomic E-state index is 12.6. The van der Waals surface area contributed by atoms with Gasteiger partial charge in [-0.05, 0) is 19.4 Å². The Kier molecular flexibility index (Phi) is 5.71. The van der Waals surface area contributed by atoms with E-state index >= 15 is 0 Å². The predicted molar refractivity (Wildman–Crippen MR) is 91.2 cm³/mol. The monoisotopic (exact) mass is 352 g/mol. The zero-order chi connectivity index (χ0) is 19.3. The first-order valence-corrected chi connectivity index (χ1v) is 7.77. The van der Waals surface area contributed by atoms with E-state index in [0.717, 1.165) is 0 Å². The molecule has 1 aliphatic rings. The number of nitrogens with one attached hydrogen (secondary N) is 1. The summed E-state index contributed by atoms with van der Waals surface area (Å²) in [7, 11) is 0. The van der Waals surface area contributed by atoms with E-state index in [4.69, 9.17) is 10.00 Å². The van der Waals surface area contributed by atoms with Gasteiger partial charge < -0.3 is 10.1 Å². The third kappa shape index (κ3) is 3.70. The van der Waals surface area contributed by atoms with Crippen molar-refractivity contribution in [2.45, 2.75) is 26.2 Å². The fourth-order valence-electron chi connectivity index (χ4n) is 2.83. The van der Waals surface area contributed by atoms with Gasteiger partial charge in [-0.25, -0.2) is 4.79 Å². The summed E-state index contributed by atoms with van der Waals surface area (Å²) in [6.07, 6.45) is 0.0486. The van der Waals surface area contributed by atoms with Crippen LogP contribution in [0.5, 0.6) is 0 Å². The molecule has 1 N–H and O–H groups in total. The maximum atomic E-state index is 12.6. The van der Waals surface area contributed by atoms with Gasteiger partial charge in [0.1, 0.15) is 6.61 Å². The number of nitrogens with zero attached hydrogens (tertiary/aromatic N) is 3. The van der Waals surface area contributed by atoms with Crippen LogP contribution in [0.25, 0.3) is 0 Å². The Morgan fingerprint density at radius 1 is 1.35 bits per heavy atom. The third-order valence-electron chi connectivity index (χ3n) is 3.96. The largest absolute Gasteiger partial charge is 0.461 e. The fourth-order valence-corrected chi connectivity index (χ4v) is 2.83. The molecule has 0 amide bonds. The van der Waals surface area contributed by atoms with Gasteiger partial charge in [0.2, 0.25) is 0 Å². The molecular weight excluding hydrogens is 336 g/mol. The summed E-state index contributed by atoms with van der Waals surface area (Å²) in [5.74, 6) is -1.45. The lowest BCUT2D eigenvalue weighted by Gasteiger charge is -2.28. The van der Waals surface area contributed by atoms with Crippen molar-refractivity contribution in [2.24, 2.45) is 0 Å². The summed E-state index contributed by atoms with van der Waals surface area (Å²) in [6, 6.07) is 9.78. The van der Waals surface area contributed by atoms with Gasteiger partial charge in [-0.3, -0.25) is 10.1 Å². The molecule has 1 atom stereocenters. The second-order valence-corrected chi connectivity index (χ2v) is 5.64. The number of nitro groups is 1. The van der Waals surface area contributed by atoms with Crippen LogP contribution in [-0.2, 0) is 9.53 Å². The summed E-state index contributed by atoms with van der Waals surface area (Å²) < 4.78 is 5.12. The van der Waals surface area contributed by atoms with E-state index in [0.29, 0.717) is 17.0 Å². The molecule has 132 valence electrons. The smallest absolute Gasteiger partial charge is 0.336 e. The van der Waals surface area contributed by atoms with Crippen molar-refractivity contribution in [1.29, 1.82) is 10.5 Å². The summed E-state index contributed by atoms with van der Waals surface area (Å²) >= 11 is 0. The van der Waals surface area contributed by atoms with Crippen molar-refractivity contribution in [3.63, 3.8) is 0 Å². The van der Waals surface area contributed by atoms with E-state index in [2.05, 4.69) is 11.4 Å². The molecule has 0 fully saturated rings. The molecule has 0 spiro atoms. The number of ether oxygens (including phenoxy) is 1. The number of rotatable bonds is 5. The number of nitriles is 2. The average molecular weight is 352 g/mol. The first-order valence-electron chi connectivity index (χ1n) is 7.77. The lowest BCUT2D eigenvalue weighted by Crippen LogP contribution is -2.29. The molecule has 0 aliphatic carbocycles. The molecule has 8 nitrogen and oxygen atoms in total. The van der Waals surface area contributed by atoms with Crippen LogP contribution in [0.3, 0.4) is 0 Å². The highest BCUT2D eigenvalue weighted by Gasteiger charge is 2.34. The molecule has 8 heteroatoms. The molecule has 1 aromatic carbocycles. The highest BCUT2D eigenvalue weighted by atomic mass is 16.6. The summed E-state index contributed by atoms with van der Waals surface area (Å²) in [6.45, 7) is 3.30. The van der Waals surface area contributed by atoms with Gasteiger partial charge in [0, 0.05) is 23.5 Å². The van der Waals surface area contributed by atoms with Crippen LogP contribution in [0.15, 0.2) is 46.8 Å². The molecule has 0 radical (unpaired) electrons. The van der Waals surface area contributed by atoms with Crippen LogP contribution < -0.4 is 5.32 Å². The van der Waals surface area contributed by atoms with Crippen LogP contribution in [0, 0.1) is 32.8 Å². The number of esters is 1. The van der Waals surface area contributed by atoms with Gasteiger partial charge in [0.25, 0.3) is 5.69 Å². The SMILES string of the molecule is CC1=C(C#N)C(c2cccc([N+](=O)[O-])c2)C(C(=O)OCCC#N)=C(C)N1.